The lowest BCUT2D eigenvalue weighted by Gasteiger charge is -2.20. The van der Waals surface area contributed by atoms with Gasteiger partial charge in [0.15, 0.2) is 0 Å². The zero-order chi connectivity index (χ0) is 23.0. The minimum atomic E-state index is -1.41. The predicted molar refractivity (Wildman–Crippen MR) is 114 cm³/mol. The predicted octanol–water partition coefficient (Wildman–Crippen LogP) is 2.97. The number of aromatic carboxylic acids is 2. The number of amides is 2. The largest absolute Gasteiger partial charge is 0.478 e. The molecule has 3 aromatic carbocycles. The van der Waals surface area contributed by atoms with E-state index in [9.17, 15) is 29.4 Å². The molecule has 0 aliphatic carbocycles. The van der Waals surface area contributed by atoms with Crippen molar-refractivity contribution in [2.75, 3.05) is 0 Å². The second-order valence-electron chi connectivity index (χ2n) is 7.06. The minimum absolute atomic E-state index is 0.176. The molecule has 0 heterocycles. The minimum Gasteiger partial charge on any atom is -0.478 e. The van der Waals surface area contributed by atoms with Gasteiger partial charge in [-0.1, -0.05) is 25.1 Å². The molecule has 0 bridgehead atoms. The van der Waals surface area contributed by atoms with Crippen LogP contribution in [0.1, 0.15) is 59.5 Å². The summed E-state index contributed by atoms with van der Waals surface area (Å²) in [6, 6.07) is 8.95. The van der Waals surface area contributed by atoms with Gasteiger partial charge in [-0.25, -0.2) is 9.59 Å². The van der Waals surface area contributed by atoms with Gasteiger partial charge in [-0.3, -0.25) is 9.59 Å². The lowest BCUT2D eigenvalue weighted by molar-refractivity contribution is 0.0684. The van der Waals surface area contributed by atoms with Crippen molar-refractivity contribution in [3.05, 3.63) is 69.8 Å². The summed E-state index contributed by atoms with van der Waals surface area (Å²) in [4.78, 5) is 48.8. The van der Waals surface area contributed by atoms with Crippen LogP contribution in [0.2, 0.25) is 0 Å². The molecule has 8 heteroatoms. The van der Waals surface area contributed by atoms with Crippen molar-refractivity contribution in [1.82, 2.24) is 0 Å². The number of primary amides is 2. The maximum atomic E-state index is 12.6. The van der Waals surface area contributed by atoms with Crippen LogP contribution in [0.25, 0.3) is 21.9 Å². The lowest BCUT2D eigenvalue weighted by atomic mass is 9.83. The fraction of sp³-hybridized carbons (Fsp3) is 0.130. The Kier molecular flexibility index (Phi) is 5.49. The summed E-state index contributed by atoms with van der Waals surface area (Å²) in [6.45, 7) is 3.71. The summed E-state index contributed by atoms with van der Waals surface area (Å²) in [5.74, 6) is -4.72. The molecule has 0 atom stereocenters. The third kappa shape index (κ3) is 3.48. The van der Waals surface area contributed by atoms with Crippen molar-refractivity contribution < 1.29 is 29.4 Å². The molecule has 0 aliphatic rings. The number of carbonyl (C=O) groups excluding carboxylic acids is 2. The number of carboxylic acid groups (broad SMARTS) is 2. The lowest BCUT2D eigenvalue weighted by Crippen LogP contribution is -2.20. The number of benzene rings is 3. The maximum Gasteiger partial charge on any atom is 0.336 e. The van der Waals surface area contributed by atoms with E-state index in [2.05, 4.69) is 0 Å². The molecule has 6 N–H and O–H groups in total. The highest BCUT2D eigenvalue weighted by molar-refractivity contribution is 6.25. The van der Waals surface area contributed by atoms with Crippen LogP contribution in [-0.2, 0) is 6.42 Å². The molecule has 2 amide bonds. The summed E-state index contributed by atoms with van der Waals surface area (Å²) < 4.78 is 0. The summed E-state index contributed by atoms with van der Waals surface area (Å²) in [5, 5.41) is 18.9. The van der Waals surface area contributed by atoms with Crippen LogP contribution in [0.15, 0.2) is 36.4 Å². The van der Waals surface area contributed by atoms with Gasteiger partial charge in [0.2, 0.25) is 11.8 Å². The van der Waals surface area contributed by atoms with Gasteiger partial charge in [0.05, 0.1) is 16.7 Å². The second kappa shape index (κ2) is 7.91. The Bertz CT molecular complexity index is 1290. The number of carbonyl (C=O) groups is 4. The van der Waals surface area contributed by atoms with E-state index in [1.54, 1.807) is 13.0 Å². The van der Waals surface area contributed by atoms with Gasteiger partial charge in [0.1, 0.15) is 0 Å². The molecular weight excluding hydrogens is 400 g/mol. The van der Waals surface area contributed by atoms with Crippen molar-refractivity contribution >= 4 is 34.5 Å². The molecule has 31 heavy (non-hydrogen) atoms. The molecular formula is C23H20N2O6. The second-order valence-corrected chi connectivity index (χ2v) is 7.06. The van der Waals surface area contributed by atoms with E-state index >= 15 is 0 Å². The number of fused-ring (bicyclic) bond motifs is 1. The monoisotopic (exact) mass is 420 g/mol. The van der Waals surface area contributed by atoms with Crippen molar-refractivity contribution in [2.45, 2.75) is 20.3 Å². The standard InChI is InChI=1S/C23H20N2O6/c1-3-11-6-4-5-10(2)16(11)14-9-15(20(24)26)17-12(22(28)29)7-8-13(23(30)31)18(17)19(14)21(25)27/h4-9H,3H2,1-2H3,(H2,24,26)(H2,25,27)(H,28,29)(H,30,31). The fourth-order valence-electron chi connectivity index (χ4n) is 3.98. The average molecular weight is 420 g/mol. The molecule has 3 aromatic rings. The SMILES string of the molecule is CCc1cccc(C)c1-c1cc(C(N)=O)c2c(C(=O)O)ccc(C(=O)O)c2c1C(N)=O. The first-order chi connectivity index (χ1) is 14.6. The Morgan fingerprint density at radius 2 is 1.42 bits per heavy atom. The Balaban J connectivity index is 2.74. The van der Waals surface area contributed by atoms with Gasteiger partial charge < -0.3 is 21.7 Å². The molecule has 0 unspecified atom stereocenters. The van der Waals surface area contributed by atoms with E-state index < -0.39 is 23.8 Å². The molecule has 0 aromatic heterocycles. The van der Waals surface area contributed by atoms with E-state index in [-0.39, 0.29) is 38.6 Å². The Morgan fingerprint density at radius 3 is 1.90 bits per heavy atom. The Morgan fingerprint density at radius 1 is 0.839 bits per heavy atom. The number of aryl methyl sites for hydroxylation is 2. The Labute approximate surface area is 177 Å². The zero-order valence-corrected chi connectivity index (χ0v) is 16.9. The highest BCUT2D eigenvalue weighted by Crippen LogP contribution is 2.39. The summed E-state index contributed by atoms with van der Waals surface area (Å²) in [6.07, 6.45) is 0.583. The van der Waals surface area contributed by atoms with Crippen LogP contribution < -0.4 is 11.5 Å². The van der Waals surface area contributed by atoms with E-state index in [1.807, 2.05) is 19.1 Å². The number of hydrogen-bond acceptors (Lipinski definition) is 4. The van der Waals surface area contributed by atoms with Crippen molar-refractivity contribution in [1.29, 1.82) is 0 Å². The van der Waals surface area contributed by atoms with Gasteiger partial charge in [-0.15, -0.1) is 0 Å². The van der Waals surface area contributed by atoms with E-state index in [0.717, 1.165) is 23.3 Å². The van der Waals surface area contributed by atoms with Crippen LogP contribution in [-0.4, -0.2) is 34.0 Å². The zero-order valence-electron chi connectivity index (χ0n) is 16.9. The van der Waals surface area contributed by atoms with E-state index in [4.69, 9.17) is 11.5 Å². The molecule has 0 saturated carbocycles. The van der Waals surface area contributed by atoms with Crippen LogP contribution in [0, 0.1) is 6.92 Å². The van der Waals surface area contributed by atoms with Crippen LogP contribution in [0.4, 0.5) is 0 Å². The van der Waals surface area contributed by atoms with Crippen molar-refractivity contribution in [2.24, 2.45) is 11.5 Å². The topological polar surface area (TPSA) is 161 Å². The molecule has 0 fully saturated rings. The molecule has 8 nitrogen and oxygen atoms in total. The number of nitrogens with two attached hydrogens (primary N) is 2. The number of hydrogen-bond donors (Lipinski definition) is 4. The quantitative estimate of drug-likeness (QED) is 0.479. The Hall–Kier alpha value is -4.20. The first-order valence-electron chi connectivity index (χ1n) is 9.38. The normalized spacial score (nSPS) is 10.8. The van der Waals surface area contributed by atoms with Crippen LogP contribution in [0.5, 0.6) is 0 Å². The molecule has 158 valence electrons. The summed E-state index contributed by atoms with van der Waals surface area (Å²) in [5.41, 5.74) is 12.6. The van der Waals surface area contributed by atoms with E-state index in [1.165, 1.54) is 6.07 Å². The van der Waals surface area contributed by atoms with Crippen LogP contribution >= 0.6 is 0 Å². The highest BCUT2D eigenvalue weighted by atomic mass is 16.4. The molecule has 0 aliphatic heterocycles. The van der Waals surface area contributed by atoms with Crippen molar-refractivity contribution in [3.63, 3.8) is 0 Å². The average Bonchev–Trinajstić information content (AvgIpc) is 2.70. The highest BCUT2D eigenvalue weighted by Gasteiger charge is 2.28. The number of rotatable bonds is 6. The van der Waals surface area contributed by atoms with Gasteiger partial charge >= 0.3 is 11.9 Å². The third-order valence-electron chi connectivity index (χ3n) is 5.26. The third-order valence-corrected chi connectivity index (χ3v) is 5.26. The molecule has 3 rings (SSSR count). The van der Waals surface area contributed by atoms with Gasteiger partial charge in [0, 0.05) is 16.3 Å². The van der Waals surface area contributed by atoms with Gasteiger partial charge in [-0.2, -0.15) is 0 Å². The maximum absolute atomic E-state index is 12.6. The van der Waals surface area contributed by atoms with Gasteiger partial charge in [-0.05, 0) is 53.8 Å². The summed E-state index contributed by atoms with van der Waals surface area (Å²) in [7, 11) is 0. The smallest absolute Gasteiger partial charge is 0.336 e. The van der Waals surface area contributed by atoms with Gasteiger partial charge in [0.25, 0.3) is 0 Å². The number of carboxylic acids is 2. The van der Waals surface area contributed by atoms with Crippen LogP contribution in [0.3, 0.4) is 0 Å². The molecule has 0 radical (unpaired) electrons. The molecule has 0 spiro atoms. The first kappa shape index (κ1) is 21.5. The fourth-order valence-corrected chi connectivity index (χ4v) is 3.98. The van der Waals surface area contributed by atoms with E-state index in [0.29, 0.717) is 12.0 Å². The molecule has 0 saturated heterocycles. The first-order valence-corrected chi connectivity index (χ1v) is 9.38. The summed E-state index contributed by atoms with van der Waals surface area (Å²) >= 11 is 0. The van der Waals surface area contributed by atoms with Crippen molar-refractivity contribution in [3.8, 4) is 11.1 Å².